The first kappa shape index (κ1) is 13.9. The molecule has 0 aliphatic rings. The highest BCUT2D eigenvalue weighted by Gasteiger charge is 2.15. The third-order valence-electron chi connectivity index (χ3n) is 1.74. The molecule has 0 spiro atoms. The molecule has 0 atom stereocenters. The average Bonchev–Trinajstić information content (AvgIpc) is 2.63. The molecule has 0 radical (unpaired) electrons. The van der Waals surface area contributed by atoms with Crippen LogP contribution in [-0.2, 0) is 11.3 Å². The van der Waals surface area contributed by atoms with Gasteiger partial charge in [-0.15, -0.1) is 5.10 Å². The SMILES string of the molecule is CC(C)(C)OC(=O)NCCn1ncc(C(=O)O)n1. The maximum atomic E-state index is 11.3. The van der Waals surface area contributed by atoms with Gasteiger partial charge < -0.3 is 15.2 Å². The first-order chi connectivity index (χ1) is 8.28. The molecule has 0 saturated heterocycles. The van der Waals surface area contributed by atoms with Crippen molar-refractivity contribution in [3.05, 3.63) is 11.9 Å². The summed E-state index contributed by atoms with van der Waals surface area (Å²) in [4.78, 5) is 23.0. The van der Waals surface area contributed by atoms with Gasteiger partial charge in [-0.25, -0.2) is 9.59 Å². The molecule has 0 saturated carbocycles. The summed E-state index contributed by atoms with van der Waals surface area (Å²) in [5, 5.41) is 18.6. The van der Waals surface area contributed by atoms with Crippen LogP contribution in [0.1, 0.15) is 31.3 Å². The van der Waals surface area contributed by atoms with Crippen molar-refractivity contribution in [2.24, 2.45) is 0 Å². The van der Waals surface area contributed by atoms with Crippen LogP contribution in [0, 0.1) is 0 Å². The van der Waals surface area contributed by atoms with Gasteiger partial charge in [-0.05, 0) is 20.8 Å². The van der Waals surface area contributed by atoms with Crippen LogP contribution in [0.3, 0.4) is 0 Å². The van der Waals surface area contributed by atoms with Crippen molar-refractivity contribution in [3.63, 3.8) is 0 Å². The maximum absolute atomic E-state index is 11.3. The van der Waals surface area contributed by atoms with Gasteiger partial charge in [0.1, 0.15) is 5.60 Å². The minimum Gasteiger partial charge on any atom is -0.476 e. The van der Waals surface area contributed by atoms with Crippen LogP contribution in [0.15, 0.2) is 6.20 Å². The summed E-state index contributed by atoms with van der Waals surface area (Å²) in [7, 11) is 0. The van der Waals surface area contributed by atoms with E-state index >= 15 is 0 Å². The number of rotatable bonds is 4. The van der Waals surface area contributed by atoms with Crippen molar-refractivity contribution in [3.8, 4) is 0 Å². The molecule has 0 aliphatic heterocycles. The van der Waals surface area contributed by atoms with Crippen molar-refractivity contribution < 1.29 is 19.4 Å². The first-order valence-corrected chi connectivity index (χ1v) is 5.38. The van der Waals surface area contributed by atoms with Gasteiger partial charge in [0, 0.05) is 6.54 Å². The van der Waals surface area contributed by atoms with E-state index in [0.29, 0.717) is 0 Å². The van der Waals surface area contributed by atoms with E-state index in [0.717, 1.165) is 6.20 Å². The lowest BCUT2D eigenvalue weighted by molar-refractivity contribution is 0.0523. The Morgan fingerprint density at radius 3 is 2.67 bits per heavy atom. The Morgan fingerprint density at radius 2 is 2.17 bits per heavy atom. The molecule has 1 rings (SSSR count). The number of hydrogen-bond acceptors (Lipinski definition) is 5. The number of aromatic carboxylic acids is 1. The molecule has 1 heterocycles. The van der Waals surface area contributed by atoms with Crippen molar-refractivity contribution in [1.29, 1.82) is 0 Å². The number of carbonyl (C=O) groups is 2. The zero-order chi connectivity index (χ0) is 13.8. The summed E-state index contributed by atoms with van der Waals surface area (Å²) in [5.41, 5.74) is -0.683. The lowest BCUT2D eigenvalue weighted by Crippen LogP contribution is -2.34. The predicted octanol–water partition coefficient (Wildman–Crippen LogP) is 0.501. The summed E-state index contributed by atoms with van der Waals surface area (Å²) >= 11 is 0. The van der Waals surface area contributed by atoms with E-state index in [1.165, 1.54) is 4.80 Å². The first-order valence-electron chi connectivity index (χ1n) is 5.38. The van der Waals surface area contributed by atoms with E-state index in [1.807, 2.05) is 0 Å². The fourth-order valence-electron chi connectivity index (χ4n) is 1.08. The van der Waals surface area contributed by atoms with E-state index in [1.54, 1.807) is 20.8 Å². The largest absolute Gasteiger partial charge is 0.476 e. The lowest BCUT2D eigenvalue weighted by atomic mass is 10.2. The number of carboxylic acids is 1. The molecule has 0 aliphatic carbocycles. The third kappa shape index (κ3) is 4.81. The average molecular weight is 256 g/mol. The Hall–Kier alpha value is -2.12. The number of nitrogens with zero attached hydrogens (tertiary/aromatic N) is 3. The number of hydrogen-bond donors (Lipinski definition) is 2. The van der Waals surface area contributed by atoms with Gasteiger partial charge in [0.25, 0.3) is 0 Å². The highest BCUT2D eigenvalue weighted by molar-refractivity contribution is 5.84. The Balaban J connectivity index is 2.33. The second-order valence-corrected chi connectivity index (χ2v) is 4.56. The minimum absolute atomic E-state index is 0.132. The molecule has 18 heavy (non-hydrogen) atoms. The normalized spacial score (nSPS) is 11.1. The van der Waals surface area contributed by atoms with Crippen LogP contribution in [0.2, 0.25) is 0 Å². The van der Waals surface area contributed by atoms with Gasteiger partial charge >= 0.3 is 12.1 Å². The molecular weight excluding hydrogens is 240 g/mol. The Morgan fingerprint density at radius 1 is 1.50 bits per heavy atom. The number of nitrogens with one attached hydrogen (secondary N) is 1. The third-order valence-corrected chi connectivity index (χ3v) is 1.74. The second kappa shape index (κ2) is 5.48. The van der Waals surface area contributed by atoms with Crippen molar-refractivity contribution in [2.45, 2.75) is 32.9 Å². The van der Waals surface area contributed by atoms with E-state index in [4.69, 9.17) is 9.84 Å². The maximum Gasteiger partial charge on any atom is 0.407 e. The molecule has 100 valence electrons. The Kier molecular flexibility index (Phi) is 4.24. The van der Waals surface area contributed by atoms with Crippen LogP contribution in [0.5, 0.6) is 0 Å². The van der Waals surface area contributed by atoms with Gasteiger partial charge in [-0.2, -0.15) is 9.90 Å². The van der Waals surface area contributed by atoms with Crippen LogP contribution >= 0.6 is 0 Å². The number of aromatic nitrogens is 3. The lowest BCUT2D eigenvalue weighted by Gasteiger charge is -2.19. The smallest absolute Gasteiger partial charge is 0.407 e. The molecule has 1 aromatic heterocycles. The molecule has 0 fully saturated rings. The van der Waals surface area contributed by atoms with Crippen molar-refractivity contribution in [2.75, 3.05) is 6.54 Å². The standard InChI is InChI=1S/C10H16N4O4/c1-10(2,3)18-9(17)11-4-5-14-12-6-7(13-14)8(15)16/h6H,4-5H2,1-3H3,(H,11,17)(H,15,16). The fraction of sp³-hybridized carbons (Fsp3) is 0.600. The number of amides is 1. The summed E-state index contributed by atoms with van der Waals surface area (Å²) in [6, 6.07) is 0. The summed E-state index contributed by atoms with van der Waals surface area (Å²) < 4.78 is 5.02. The van der Waals surface area contributed by atoms with Crippen LogP contribution < -0.4 is 5.32 Å². The van der Waals surface area contributed by atoms with Crippen LogP contribution in [0.4, 0.5) is 4.79 Å². The molecule has 0 unspecified atom stereocenters. The van der Waals surface area contributed by atoms with Crippen LogP contribution in [-0.4, -0.2) is 44.3 Å². The second-order valence-electron chi connectivity index (χ2n) is 4.56. The van der Waals surface area contributed by atoms with E-state index < -0.39 is 17.7 Å². The monoisotopic (exact) mass is 256 g/mol. The molecule has 8 heteroatoms. The highest BCUT2D eigenvalue weighted by atomic mass is 16.6. The van der Waals surface area contributed by atoms with Crippen molar-refractivity contribution in [1.82, 2.24) is 20.3 Å². The predicted molar refractivity (Wildman–Crippen MR) is 61.2 cm³/mol. The Bertz CT molecular complexity index is 435. The molecule has 0 bridgehead atoms. The number of ether oxygens (including phenoxy) is 1. The molecular formula is C10H16N4O4. The van der Waals surface area contributed by atoms with E-state index in [2.05, 4.69) is 15.5 Å². The van der Waals surface area contributed by atoms with Gasteiger partial charge in [-0.3, -0.25) is 0 Å². The highest BCUT2D eigenvalue weighted by Crippen LogP contribution is 2.06. The Labute approximate surface area is 104 Å². The number of carbonyl (C=O) groups excluding carboxylic acids is 1. The summed E-state index contributed by atoms with van der Waals surface area (Å²) in [5.74, 6) is -1.14. The summed E-state index contributed by atoms with van der Waals surface area (Å²) in [6.45, 7) is 5.82. The topological polar surface area (TPSA) is 106 Å². The molecule has 1 amide bonds. The fourth-order valence-corrected chi connectivity index (χ4v) is 1.08. The molecule has 8 nitrogen and oxygen atoms in total. The zero-order valence-corrected chi connectivity index (χ0v) is 10.5. The van der Waals surface area contributed by atoms with Crippen LogP contribution in [0.25, 0.3) is 0 Å². The van der Waals surface area contributed by atoms with Gasteiger partial charge in [0.05, 0.1) is 12.7 Å². The molecule has 0 aromatic carbocycles. The zero-order valence-electron chi connectivity index (χ0n) is 10.5. The van der Waals surface area contributed by atoms with Gasteiger partial charge in [0.2, 0.25) is 0 Å². The van der Waals surface area contributed by atoms with Crippen molar-refractivity contribution >= 4 is 12.1 Å². The quantitative estimate of drug-likeness (QED) is 0.812. The van der Waals surface area contributed by atoms with Gasteiger partial charge in [-0.1, -0.05) is 0 Å². The molecule has 2 N–H and O–H groups in total. The molecule has 1 aromatic rings. The number of alkyl carbamates (subject to hydrolysis) is 1. The minimum atomic E-state index is -1.14. The van der Waals surface area contributed by atoms with E-state index in [-0.39, 0.29) is 18.8 Å². The van der Waals surface area contributed by atoms with E-state index in [9.17, 15) is 9.59 Å². The number of carboxylic acid groups (broad SMARTS) is 1. The van der Waals surface area contributed by atoms with Gasteiger partial charge in [0.15, 0.2) is 5.69 Å². The summed E-state index contributed by atoms with van der Waals surface area (Å²) in [6.07, 6.45) is 0.614.